The van der Waals surface area contributed by atoms with Crippen molar-refractivity contribution < 1.29 is 14.5 Å². The van der Waals surface area contributed by atoms with Crippen LogP contribution in [0.2, 0.25) is 0 Å². The molecule has 1 aromatic carbocycles. The van der Waals surface area contributed by atoms with E-state index in [0.717, 1.165) is 25.7 Å². The highest BCUT2D eigenvalue weighted by molar-refractivity contribution is 7.13. The highest BCUT2D eigenvalue weighted by atomic mass is 32.1. The molecule has 1 atom stereocenters. The minimum absolute atomic E-state index is 0.0965. The average molecular weight is 375 g/mol. The van der Waals surface area contributed by atoms with Crippen molar-refractivity contribution in [1.29, 1.82) is 0 Å². The number of carbonyl (C=O) groups excluding carboxylic acids is 1. The van der Waals surface area contributed by atoms with Crippen LogP contribution in [0.4, 0.5) is 10.8 Å². The number of thiazole rings is 1. The Morgan fingerprint density at radius 1 is 1.35 bits per heavy atom. The number of anilines is 1. The van der Waals surface area contributed by atoms with Gasteiger partial charge in [-0.3, -0.25) is 19.8 Å². The SMILES string of the molecule is CC(Oc1ccccc1[N+](=O)[O-])C(=O)N(c1nccs1)C1CCCCC1. The van der Waals surface area contributed by atoms with Gasteiger partial charge in [0.05, 0.1) is 4.92 Å². The molecule has 1 heterocycles. The van der Waals surface area contributed by atoms with Crippen LogP contribution in [-0.4, -0.2) is 28.0 Å². The van der Waals surface area contributed by atoms with E-state index in [1.165, 1.54) is 29.9 Å². The number of amides is 1. The minimum atomic E-state index is -0.845. The maximum absolute atomic E-state index is 13.1. The minimum Gasteiger partial charge on any atom is -0.474 e. The zero-order valence-corrected chi connectivity index (χ0v) is 15.4. The first kappa shape index (κ1) is 18.3. The molecule has 0 N–H and O–H groups in total. The molecular weight excluding hydrogens is 354 g/mol. The molecule has 1 saturated carbocycles. The van der Waals surface area contributed by atoms with Crippen LogP contribution < -0.4 is 9.64 Å². The second-order valence-corrected chi connectivity index (χ2v) is 7.17. The van der Waals surface area contributed by atoms with Crippen LogP contribution in [0.1, 0.15) is 39.0 Å². The quantitative estimate of drug-likeness (QED) is 0.558. The Hall–Kier alpha value is -2.48. The zero-order valence-electron chi connectivity index (χ0n) is 14.5. The Kier molecular flexibility index (Phi) is 5.82. The summed E-state index contributed by atoms with van der Waals surface area (Å²) in [4.78, 5) is 29.8. The van der Waals surface area contributed by atoms with Gasteiger partial charge in [0.15, 0.2) is 17.0 Å². The number of nitrogens with zero attached hydrogens (tertiary/aromatic N) is 3. The van der Waals surface area contributed by atoms with Crippen LogP contribution in [0.5, 0.6) is 5.75 Å². The van der Waals surface area contributed by atoms with Gasteiger partial charge in [0.1, 0.15) is 0 Å². The molecule has 1 aliphatic carbocycles. The van der Waals surface area contributed by atoms with Gasteiger partial charge in [-0.25, -0.2) is 4.98 Å². The third-order valence-electron chi connectivity index (χ3n) is 4.52. The van der Waals surface area contributed by atoms with Gasteiger partial charge >= 0.3 is 5.69 Å². The summed E-state index contributed by atoms with van der Waals surface area (Å²) in [7, 11) is 0. The largest absolute Gasteiger partial charge is 0.474 e. The molecule has 0 bridgehead atoms. The van der Waals surface area contributed by atoms with Gasteiger partial charge in [-0.2, -0.15) is 0 Å². The van der Waals surface area contributed by atoms with Gasteiger partial charge < -0.3 is 4.74 Å². The van der Waals surface area contributed by atoms with Crippen LogP contribution >= 0.6 is 11.3 Å². The fraction of sp³-hybridized carbons (Fsp3) is 0.444. The Balaban J connectivity index is 1.81. The molecule has 26 heavy (non-hydrogen) atoms. The van der Waals surface area contributed by atoms with Crippen molar-refractivity contribution in [1.82, 2.24) is 4.98 Å². The second-order valence-electron chi connectivity index (χ2n) is 6.30. The van der Waals surface area contributed by atoms with E-state index < -0.39 is 11.0 Å². The molecule has 138 valence electrons. The summed E-state index contributed by atoms with van der Waals surface area (Å²) in [5.41, 5.74) is -0.148. The van der Waals surface area contributed by atoms with Crippen molar-refractivity contribution in [2.75, 3.05) is 4.90 Å². The average Bonchev–Trinajstić information content (AvgIpc) is 3.17. The van der Waals surface area contributed by atoms with Crippen LogP contribution in [0.25, 0.3) is 0 Å². The molecule has 2 aromatic rings. The van der Waals surface area contributed by atoms with Crippen molar-refractivity contribution in [3.8, 4) is 5.75 Å². The number of nitro groups is 1. The highest BCUT2D eigenvalue weighted by Gasteiger charge is 2.33. The molecule has 8 heteroatoms. The fourth-order valence-corrected chi connectivity index (χ4v) is 3.97. The van der Waals surface area contributed by atoms with Crippen molar-refractivity contribution in [3.05, 3.63) is 46.0 Å². The molecule has 0 aliphatic heterocycles. The predicted molar refractivity (Wildman–Crippen MR) is 99.7 cm³/mol. The smallest absolute Gasteiger partial charge is 0.310 e. The summed E-state index contributed by atoms with van der Waals surface area (Å²) in [5.74, 6) is -0.119. The number of hydrogen-bond donors (Lipinski definition) is 0. The van der Waals surface area contributed by atoms with E-state index in [1.807, 2.05) is 5.38 Å². The van der Waals surface area contributed by atoms with E-state index in [4.69, 9.17) is 4.74 Å². The number of rotatable bonds is 6. The maximum Gasteiger partial charge on any atom is 0.310 e. The first-order chi connectivity index (χ1) is 12.6. The van der Waals surface area contributed by atoms with Crippen molar-refractivity contribution >= 4 is 28.1 Å². The Morgan fingerprint density at radius 3 is 2.73 bits per heavy atom. The normalized spacial score (nSPS) is 16.0. The summed E-state index contributed by atoms with van der Waals surface area (Å²) in [6.07, 6.45) is 6.04. The van der Waals surface area contributed by atoms with Crippen molar-refractivity contribution in [2.24, 2.45) is 0 Å². The Bertz CT molecular complexity index is 760. The van der Waals surface area contributed by atoms with Crippen molar-refractivity contribution in [3.63, 3.8) is 0 Å². The van der Waals surface area contributed by atoms with E-state index in [9.17, 15) is 14.9 Å². The van der Waals surface area contributed by atoms with E-state index >= 15 is 0 Å². The molecule has 0 saturated heterocycles. The number of aromatic nitrogens is 1. The summed E-state index contributed by atoms with van der Waals surface area (Å²) in [6, 6.07) is 6.20. The topological polar surface area (TPSA) is 85.6 Å². The molecule has 1 unspecified atom stereocenters. The summed E-state index contributed by atoms with van der Waals surface area (Å²) in [6.45, 7) is 1.63. The van der Waals surface area contributed by atoms with Crippen LogP contribution in [0.3, 0.4) is 0 Å². The molecule has 0 spiro atoms. The number of nitro benzene ring substituents is 1. The van der Waals surface area contributed by atoms with Gasteiger partial charge in [0.2, 0.25) is 0 Å². The monoisotopic (exact) mass is 375 g/mol. The molecule has 0 radical (unpaired) electrons. The molecule has 7 nitrogen and oxygen atoms in total. The van der Waals surface area contributed by atoms with Crippen molar-refractivity contribution in [2.45, 2.75) is 51.2 Å². The van der Waals surface area contributed by atoms with Crippen LogP contribution in [0, 0.1) is 10.1 Å². The Morgan fingerprint density at radius 2 is 2.08 bits per heavy atom. The molecule has 3 rings (SSSR count). The molecule has 1 fully saturated rings. The number of ether oxygens (including phenoxy) is 1. The van der Waals surface area contributed by atoms with E-state index in [1.54, 1.807) is 30.2 Å². The lowest BCUT2D eigenvalue weighted by molar-refractivity contribution is -0.386. The number of para-hydroxylation sites is 2. The van der Waals surface area contributed by atoms with Gasteiger partial charge in [-0.1, -0.05) is 31.4 Å². The van der Waals surface area contributed by atoms with E-state index in [2.05, 4.69) is 4.98 Å². The van der Waals surface area contributed by atoms with E-state index in [0.29, 0.717) is 5.13 Å². The van der Waals surface area contributed by atoms with Crippen LogP contribution in [0.15, 0.2) is 35.8 Å². The Labute approximate surface area is 155 Å². The number of benzene rings is 1. The molecular formula is C18H21N3O4S. The standard InChI is InChI=1S/C18H21N3O4S/c1-13(25-16-10-6-5-9-15(16)21(23)24)17(22)20(18-19-11-12-26-18)14-7-3-2-4-8-14/h5-6,9-14H,2-4,7-8H2,1H3. The van der Waals surface area contributed by atoms with E-state index in [-0.39, 0.29) is 23.4 Å². The lowest BCUT2D eigenvalue weighted by Gasteiger charge is -2.34. The maximum atomic E-state index is 13.1. The molecule has 1 aliphatic rings. The fourth-order valence-electron chi connectivity index (χ4n) is 3.25. The van der Waals surface area contributed by atoms with Gasteiger partial charge in [-0.15, -0.1) is 11.3 Å². The molecule has 1 aromatic heterocycles. The number of carbonyl (C=O) groups is 1. The third kappa shape index (κ3) is 4.01. The zero-order chi connectivity index (χ0) is 18.5. The van der Waals surface area contributed by atoms with Gasteiger partial charge in [0, 0.05) is 23.7 Å². The first-order valence-corrected chi connectivity index (χ1v) is 9.58. The number of hydrogen-bond acceptors (Lipinski definition) is 6. The summed E-state index contributed by atoms with van der Waals surface area (Å²) >= 11 is 1.41. The van der Waals surface area contributed by atoms with Gasteiger partial charge in [-0.05, 0) is 25.8 Å². The predicted octanol–water partition coefficient (Wildman–Crippen LogP) is 4.18. The lowest BCUT2D eigenvalue weighted by atomic mass is 9.94. The molecule has 1 amide bonds. The summed E-state index contributed by atoms with van der Waals surface area (Å²) in [5, 5.41) is 13.7. The van der Waals surface area contributed by atoms with Gasteiger partial charge in [0.25, 0.3) is 5.91 Å². The highest BCUT2D eigenvalue weighted by Crippen LogP contribution is 2.31. The first-order valence-electron chi connectivity index (χ1n) is 8.70. The second kappa shape index (κ2) is 8.27. The third-order valence-corrected chi connectivity index (χ3v) is 5.29. The van der Waals surface area contributed by atoms with Crippen LogP contribution in [-0.2, 0) is 4.79 Å². The lowest BCUT2D eigenvalue weighted by Crippen LogP contribution is -2.47. The summed E-state index contributed by atoms with van der Waals surface area (Å²) < 4.78 is 5.68.